The molecule has 7 nitrogen and oxygen atoms in total. The Morgan fingerprint density at radius 3 is 2.21 bits per heavy atom. The lowest BCUT2D eigenvalue weighted by Gasteiger charge is -2.25. The summed E-state index contributed by atoms with van der Waals surface area (Å²) in [6, 6.07) is 12.9. The van der Waals surface area contributed by atoms with Crippen LogP contribution in [0.25, 0.3) is 6.08 Å². The Labute approximate surface area is 239 Å². The van der Waals surface area contributed by atoms with Gasteiger partial charge in [-0.05, 0) is 60.6 Å². The highest BCUT2D eigenvalue weighted by Gasteiger charge is 2.22. The second-order valence-electron chi connectivity index (χ2n) is 9.76. The Morgan fingerprint density at radius 2 is 1.66 bits per heavy atom. The maximum Gasteiger partial charge on any atom is 0.335 e. The molecule has 2 aromatic carbocycles. The molecule has 38 heavy (non-hydrogen) atoms. The van der Waals surface area contributed by atoms with Gasteiger partial charge in [0, 0.05) is 18.6 Å². The second-order valence-corrected chi connectivity index (χ2v) is 9.76. The maximum absolute atomic E-state index is 13.2. The molecule has 212 valence electrons. The number of carbonyl (C=O) groups is 2. The molecule has 0 aliphatic rings. The molecule has 2 aromatic rings. The molecule has 6 N–H and O–H groups in total. The predicted octanol–water partition coefficient (Wildman–Crippen LogP) is 5.20. The van der Waals surface area contributed by atoms with E-state index in [1.54, 1.807) is 36.4 Å². The number of amides is 1. The number of phenolic OH excluding ortho intramolecular Hbond substituents is 1. The van der Waals surface area contributed by atoms with Crippen molar-refractivity contribution in [3.05, 3.63) is 71.3 Å². The van der Waals surface area contributed by atoms with Crippen molar-refractivity contribution in [2.45, 2.75) is 71.0 Å². The summed E-state index contributed by atoms with van der Waals surface area (Å²) in [5.41, 5.74) is 8.24. The zero-order chi connectivity index (χ0) is 26.5. The van der Waals surface area contributed by atoms with Gasteiger partial charge in [-0.2, -0.15) is 0 Å². The molecule has 0 unspecified atom stereocenters. The lowest BCUT2D eigenvalue weighted by atomic mass is 9.98. The number of unbranched alkanes of at least 4 members (excludes halogenated alkanes) is 1. The highest BCUT2D eigenvalue weighted by molar-refractivity contribution is 5.87. The topological polar surface area (TPSA) is 125 Å². The summed E-state index contributed by atoms with van der Waals surface area (Å²) in [7, 11) is 0. The smallest absolute Gasteiger partial charge is 0.335 e. The predicted molar refractivity (Wildman–Crippen MR) is 159 cm³/mol. The van der Waals surface area contributed by atoms with Crippen LogP contribution in [0.3, 0.4) is 0 Å². The van der Waals surface area contributed by atoms with Crippen molar-refractivity contribution in [1.29, 1.82) is 0 Å². The van der Waals surface area contributed by atoms with E-state index in [4.69, 9.17) is 10.8 Å². The van der Waals surface area contributed by atoms with Gasteiger partial charge in [-0.25, -0.2) is 4.79 Å². The number of hydrogen-bond acceptors (Lipinski definition) is 5. The number of aromatic carboxylic acids is 1. The lowest BCUT2D eigenvalue weighted by Crippen LogP contribution is -2.51. The summed E-state index contributed by atoms with van der Waals surface area (Å²) in [6.45, 7) is 6.80. The van der Waals surface area contributed by atoms with Crippen molar-refractivity contribution < 1.29 is 19.8 Å². The van der Waals surface area contributed by atoms with Crippen molar-refractivity contribution in [2.75, 3.05) is 6.54 Å². The van der Waals surface area contributed by atoms with E-state index in [0.29, 0.717) is 18.9 Å². The van der Waals surface area contributed by atoms with Gasteiger partial charge in [0.05, 0.1) is 11.6 Å². The molecular weight excluding hydrogens is 525 g/mol. The van der Waals surface area contributed by atoms with Crippen molar-refractivity contribution >= 4 is 42.8 Å². The van der Waals surface area contributed by atoms with Crippen LogP contribution in [0.5, 0.6) is 5.75 Å². The van der Waals surface area contributed by atoms with E-state index in [-0.39, 0.29) is 54.1 Å². The van der Waals surface area contributed by atoms with Crippen LogP contribution in [0.15, 0.2) is 54.6 Å². The second kappa shape index (κ2) is 18.6. The van der Waals surface area contributed by atoms with Gasteiger partial charge in [0.25, 0.3) is 0 Å². The number of nitrogens with one attached hydrogen (secondary N) is 2. The number of aromatic hydroxyl groups is 1. The number of carboxylic acids is 1. The van der Waals surface area contributed by atoms with E-state index < -0.39 is 12.0 Å². The first kappa shape index (κ1) is 35.4. The van der Waals surface area contributed by atoms with E-state index >= 15 is 0 Å². The molecular formula is C29H43Cl2N3O4. The molecule has 3 atom stereocenters. The molecule has 9 heteroatoms. The van der Waals surface area contributed by atoms with Crippen LogP contribution in [0, 0.1) is 5.92 Å². The minimum atomic E-state index is -0.956. The summed E-state index contributed by atoms with van der Waals surface area (Å²) in [4.78, 5) is 24.3. The molecule has 0 bridgehead atoms. The van der Waals surface area contributed by atoms with Gasteiger partial charge in [-0.3, -0.25) is 10.1 Å². The first-order valence-corrected chi connectivity index (χ1v) is 12.8. The average Bonchev–Trinajstić information content (AvgIpc) is 2.85. The fourth-order valence-corrected chi connectivity index (χ4v) is 3.95. The lowest BCUT2D eigenvalue weighted by molar-refractivity contribution is -0.123. The summed E-state index contributed by atoms with van der Waals surface area (Å²) < 4.78 is 0. The number of carboxylic acid groups (broad SMARTS) is 1. The molecule has 0 radical (unpaired) electrons. The van der Waals surface area contributed by atoms with Gasteiger partial charge < -0.3 is 21.3 Å². The Morgan fingerprint density at radius 1 is 1.03 bits per heavy atom. The summed E-state index contributed by atoms with van der Waals surface area (Å²) in [5, 5.41) is 25.3. The van der Waals surface area contributed by atoms with Crippen LogP contribution >= 0.6 is 24.8 Å². The fraction of sp³-hybridized carbons (Fsp3) is 0.448. The molecule has 0 spiro atoms. The largest absolute Gasteiger partial charge is 0.508 e. The van der Waals surface area contributed by atoms with Crippen LogP contribution in [0.4, 0.5) is 0 Å². The average molecular weight is 569 g/mol. The number of hydrogen-bond donors (Lipinski definition) is 5. The van der Waals surface area contributed by atoms with Crippen LogP contribution in [0.1, 0.15) is 67.9 Å². The van der Waals surface area contributed by atoms with Gasteiger partial charge in [0.1, 0.15) is 5.75 Å². The van der Waals surface area contributed by atoms with E-state index in [2.05, 4.69) is 31.4 Å². The van der Waals surface area contributed by atoms with Crippen molar-refractivity contribution in [1.82, 2.24) is 10.6 Å². The summed E-state index contributed by atoms with van der Waals surface area (Å²) in [5.74, 6) is -0.490. The van der Waals surface area contributed by atoms with Crippen molar-refractivity contribution in [3.63, 3.8) is 0 Å². The number of halogens is 2. The molecule has 0 aliphatic carbocycles. The molecule has 0 aromatic heterocycles. The first-order chi connectivity index (χ1) is 17.2. The Hall–Kier alpha value is -2.58. The first-order valence-electron chi connectivity index (χ1n) is 12.8. The van der Waals surface area contributed by atoms with Crippen LogP contribution in [-0.4, -0.2) is 46.8 Å². The molecule has 0 aliphatic heterocycles. The quantitative estimate of drug-likeness (QED) is 0.201. The third-order valence-electron chi connectivity index (χ3n) is 5.98. The van der Waals surface area contributed by atoms with Gasteiger partial charge in [0.15, 0.2) is 0 Å². The number of carbonyl (C=O) groups excluding carboxylic acids is 1. The van der Waals surface area contributed by atoms with Crippen LogP contribution in [-0.2, 0) is 11.2 Å². The minimum Gasteiger partial charge on any atom is -0.508 e. The minimum absolute atomic E-state index is 0. The van der Waals surface area contributed by atoms with E-state index in [0.717, 1.165) is 36.8 Å². The Kier molecular flexibility index (Phi) is 17.4. The third-order valence-corrected chi connectivity index (χ3v) is 5.98. The van der Waals surface area contributed by atoms with Crippen molar-refractivity contribution in [2.24, 2.45) is 11.7 Å². The number of nitrogens with two attached hydrogens (primary N) is 1. The third kappa shape index (κ3) is 13.3. The van der Waals surface area contributed by atoms with Crippen LogP contribution < -0.4 is 16.4 Å². The van der Waals surface area contributed by atoms with E-state index in [9.17, 15) is 14.7 Å². The normalized spacial score (nSPS) is 13.3. The molecule has 0 fully saturated rings. The van der Waals surface area contributed by atoms with Gasteiger partial charge in [-0.1, -0.05) is 70.0 Å². The zero-order valence-electron chi connectivity index (χ0n) is 22.4. The van der Waals surface area contributed by atoms with Crippen LogP contribution in [0.2, 0.25) is 0 Å². The summed E-state index contributed by atoms with van der Waals surface area (Å²) >= 11 is 0. The summed E-state index contributed by atoms with van der Waals surface area (Å²) in [6.07, 6.45) is 8.22. The Bertz CT molecular complexity index is 982. The molecule has 1 amide bonds. The standard InChI is InChI=1S/C29H41N3O4.2ClH/c1-4-5-6-24(30)19-31-28(34)27(18-22-10-15-26(33)16-11-22)32-25(17-20(2)3)14-9-21-7-12-23(13-8-21)29(35)36;;/h7-16,20,24-25,27,32-33H,4-6,17-19,30H2,1-3H3,(H,31,34)(H,35,36);2*1H/b14-9+;;/t24-,25+,27-;;/m0../s1. The highest BCUT2D eigenvalue weighted by atomic mass is 35.5. The number of benzene rings is 2. The monoisotopic (exact) mass is 567 g/mol. The van der Waals surface area contributed by atoms with Crippen molar-refractivity contribution in [3.8, 4) is 5.75 Å². The maximum atomic E-state index is 13.2. The highest BCUT2D eigenvalue weighted by Crippen LogP contribution is 2.15. The van der Waals surface area contributed by atoms with Gasteiger partial charge in [-0.15, -0.1) is 24.8 Å². The molecule has 0 saturated carbocycles. The fourth-order valence-electron chi connectivity index (χ4n) is 3.95. The van der Waals surface area contributed by atoms with Gasteiger partial charge >= 0.3 is 5.97 Å². The molecule has 0 heterocycles. The zero-order valence-corrected chi connectivity index (χ0v) is 24.1. The van der Waals surface area contributed by atoms with E-state index in [1.165, 1.54) is 0 Å². The number of rotatable bonds is 15. The number of phenols is 1. The Balaban J connectivity index is 0.00000684. The molecule has 0 saturated heterocycles. The van der Waals surface area contributed by atoms with E-state index in [1.807, 2.05) is 24.3 Å². The van der Waals surface area contributed by atoms with Gasteiger partial charge in [0.2, 0.25) is 5.91 Å². The SMILES string of the molecule is CCCC[C@H](N)CNC(=O)[C@H](Cc1ccc(O)cc1)N[C@H](/C=C/c1ccc(C(=O)O)cc1)CC(C)C.Cl.Cl. The molecule has 2 rings (SSSR count).